The Morgan fingerprint density at radius 2 is 1.76 bits per heavy atom. The van der Waals surface area contributed by atoms with Gasteiger partial charge in [-0.15, -0.1) is 0 Å². The number of allylic oxidation sites excluding steroid dienone is 4. The summed E-state index contributed by atoms with van der Waals surface area (Å²) in [7, 11) is -4.50. The zero-order valence-corrected chi connectivity index (χ0v) is 20.9. The fourth-order valence-electron chi connectivity index (χ4n) is 3.96. The Balaban J connectivity index is 1.80. The van der Waals surface area contributed by atoms with Gasteiger partial charge in [0.2, 0.25) is 5.88 Å². The molecule has 1 aromatic heterocycles. The summed E-state index contributed by atoms with van der Waals surface area (Å²) in [4.78, 5) is 28.9. The molecule has 0 unspecified atom stereocenters. The molecule has 0 atom stereocenters. The minimum atomic E-state index is -4.50. The van der Waals surface area contributed by atoms with E-state index in [0.717, 1.165) is 17.7 Å². The fourth-order valence-corrected chi connectivity index (χ4v) is 5.07. The van der Waals surface area contributed by atoms with Crippen LogP contribution in [0, 0.1) is 32.4 Å². The number of nitrogens with one attached hydrogen (secondary N) is 1. The minimum Gasteiger partial charge on any atom is -0.438 e. The van der Waals surface area contributed by atoms with Gasteiger partial charge < -0.3 is 4.74 Å². The molecule has 7 nitrogen and oxygen atoms in total. The summed E-state index contributed by atoms with van der Waals surface area (Å²) in [6.07, 6.45) is 3.89. The number of hydrogen-bond donors (Lipinski definition) is 1. The number of rotatable bonds is 6. The maximum absolute atomic E-state index is 14.5. The second kappa shape index (κ2) is 10.1. The van der Waals surface area contributed by atoms with Crippen molar-refractivity contribution in [3.8, 4) is 22.9 Å². The fraction of sp³-hybridized carbons (Fsp3) is 0.148. The summed E-state index contributed by atoms with van der Waals surface area (Å²) in [5, 5.41) is 0. The number of halogens is 2. The molecule has 4 rings (SSSR count). The first-order valence-electron chi connectivity index (χ1n) is 11.2. The van der Waals surface area contributed by atoms with Crippen molar-refractivity contribution in [1.82, 2.24) is 9.71 Å². The number of carbonyl (C=O) groups excluding carboxylic acids is 2. The quantitative estimate of drug-likeness (QED) is 0.475. The van der Waals surface area contributed by atoms with Crippen molar-refractivity contribution in [3.05, 3.63) is 99.5 Å². The Bertz CT molecular complexity index is 1590. The molecule has 10 heteroatoms. The minimum absolute atomic E-state index is 0.0378. The van der Waals surface area contributed by atoms with E-state index in [2.05, 4.69) is 4.98 Å². The predicted molar refractivity (Wildman–Crippen MR) is 134 cm³/mol. The first-order valence-corrected chi connectivity index (χ1v) is 12.6. The van der Waals surface area contributed by atoms with E-state index in [9.17, 15) is 26.8 Å². The van der Waals surface area contributed by atoms with Gasteiger partial charge >= 0.3 is 0 Å². The lowest BCUT2D eigenvalue weighted by Crippen LogP contribution is -2.34. The molecule has 37 heavy (non-hydrogen) atoms. The molecule has 0 fully saturated rings. The Kier molecular flexibility index (Phi) is 7.04. The largest absolute Gasteiger partial charge is 0.438 e. The van der Waals surface area contributed by atoms with Crippen LogP contribution in [0.3, 0.4) is 0 Å². The first kappa shape index (κ1) is 25.9. The molecule has 190 valence electrons. The first-order chi connectivity index (χ1) is 17.5. The second-order valence-electron chi connectivity index (χ2n) is 8.50. The molecule has 2 aromatic carbocycles. The van der Waals surface area contributed by atoms with E-state index in [1.165, 1.54) is 36.4 Å². The summed E-state index contributed by atoms with van der Waals surface area (Å²) < 4.78 is 61.7. The lowest BCUT2D eigenvalue weighted by atomic mass is 10.1. The topological polar surface area (TPSA) is 102 Å². The third kappa shape index (κ3) is 5.34. The van der Waals surface area contributed by atoms with Crippen LogP contribution in [0.15, 0.2) is 65.6 Å². The Morgan fingerprint density at radius 3 is 2.43 bits per heavy atom. The smallest absolute Gasteiger partial charge is 0.270 e. The molecule has 0 bridgehead atoms. The van der Waals surface area contributed by atoms with Gasteiger partial charge in [0.05, 0.1) is 5.69 Å². The Morgan fingerprint density at radius 1 is 1.05 bits per heavy atom. The number of benzene rings is 2. The monoisotopic (exact) mass is 524 g/mol. The Labute approximate surface area is 212 Å². The molecule has 1 heterocycles. The highest BCUT2D eigenvalue weighted by Gasteiger charge is 2.29. The van der Waals surface area contributed by atoms with E-state index >= 15 is 0 Å². The van der Waals surface area contributed by atoms with Gasteiger partial charge in [-0.05, 0) is 62.2 Å². The molecule has 0 saturated carbocycles. The van der Waals surface area contributed by atoms with Gasteiger partial charge in [0.25, 0.3) is 15.9 Å². The number of amides is 1. The van der Waals surface area contributed by atoms with Gasteiger partial charge in [0.1, 0.15) is 16.2 Å². The second-order valence-corrected chi connectivity index (χ2v) is 10.2. The molecule has 1 amide bonds. The lowest BCUT2D eigenvalue weighted by Gasteiger charge is -2.16. The zero-order valence-electron chi connectivity index (χ0n) is 20.1. The van der Waals surface area contributed by atoms with Crippen LogP contribution in [0.25, 0.3) is 11.3 Å². The molecular formula is C27H22F2N2O5S. The van der Waals surface area contributed by atoms with Crippen molar-refractivity contribution in [1.29, 1.82) is 0 Å². The lowest BCUT2D eigenvalue weighted by molar-refractivity contribution is -0.114. The SMILES string of the molecule is Cc1cc(C)c(Oc2nc(-c3cccc(F)c3F)ccc2C(=O)NS(=O)(=O)C2=CC=CCC2=O)c(C)c1. The van der Waals surface area contributed by atoms with Gasteiger partial charge in [0.15, 0.2) is 17.4 Å². The van der Waals surface area contributed by atoms with Gasteiger partial charge in [-0.25, -0.2) is 26.9 Å². The van der Waals surface area contributed by atoms with Crippen LogP contribution < -0.4 is 9.46 Å². The zero-order chi connectivity index (χ0) is 26.9. The average molecular weight is 525 g/mol. The number of sulfonamides is 1. The van der Waals surface area contributed by atoms with Crippen molar-refractivity contribution >= 4 is 21.7 Å². The van der Waals surface area contributed by atoms with E-state index in [4.69, 9.17) is 4.74 Å². The molecule has 1 aliphatic rings. The third-order valence-electron chi connectivity index (χ3n) is 5.61. The highest BCUT2D eigenvalue weighted by atomic mass is 32.2. The van der Waals surface area contributed by atoms with Gasteiger partial charge in [-0.2, -0.15) is 0 Å². The van der Waals surface area contributed by atoms with Gasteiger partial charge in [-0.3, -0.25) is 9.59 Å². The number of ketones is 1. The summed E-state index contributed by atoms with van der Waals surface area (Å²) in [5.74, 6) is -3.96. The molecule has 1 aliphatic carbocycles. The molecule has 0 spiro atoms. The number of nitrogens with zero attached hydrogens (tertiary/aromatic N) is 1. The van der Waals surface area contributed by atoms with Gasteiger partial charge in [0, 0.05) is 12.0 Å². The number of carbonyl (C=O) groups is 2. The highest BCUT2D eigenvalue weighted by molar-refractivity contribution is 7.95. The van der Waals surface area contributed by atoms with Crippen molar-refractivity contribution in [2.45, 2.75) is 27.2 Å². The van der Waals surface area contributed by atoms with Crippen LogP contribution >= 0.6 is 0 Å². The van der Waals surface area contributed by atoms with Crippen LogP contribution in [0.4, 0.5) is 8.78 Å². The number of hydrogen-bond acceptors (Lipinski definition) is 6. The summed E-state index contributed by atoms with van der Waals surface area (Å²) in [6, 6.07) is 9.71. The number of aryl methyl sites for hydroxylation is 3. The van der Waals surface area contributed by atoms with Crippen LogP contribution in [0.1, 0.15) is 33.5 Å². The number of Topliss-reactive ketones (excluding diaryl/α,β-unsaturated/α-hetero) is 1. The van der Waals surface area contributed by atoms with Gasteiger partial charge in [-0.1, -0.05) is 35.9 Å². The number of pyridine rings is 1. The van der Waals surface area contributed by atoms with E-state index in [1.54, 1.807) is 13.8 Å². The van der Waals surface area contributed by atoms with Crippen molar-refractivity contribution in [2.24, 2.45) is 0 Å². The molecule has 3 aromatic rings. The maximum atomic E-state index is 14.5. The summed E-state index contributed by atoms with van der Waals surface area (Å²) >= 11 is 0. The van der Waals surface area contributed by atoms with Crippen LogP contribution in [0.2, 0.25) is 0 Å². The van der Waals surface area contributed by atoms with E-state index < -0.39 is 38.3 Å². The van der Waals surface area contributed by atoms with Crippen LogP contribution in [-0.2, 0) is 14.8 Å². The predicted octanol–water partition coefficient (Wildman–Crippen LogP) is 5.22. The Hall–Kier alpha value is -4.18. The van der Waals surface area contributed by atoms with E-state index in [-0.39, 0.29) is 29.1 Å². The molecule has 0 saturated heterocycles. The molecule has 0 radical (unpaired) electrons. The number of aromatic nitrogens is 1. The third-order valence-corrected chi connectivity index (χ3v) is 7.01. The van der Waals surface area contributed by atoms with Crippen molar-refractivity contribution < 1.29 is 31.5 Å². The standard InChI is InChI=1S/C27H22F2N2O5S/c1-15-13-16(2)25(17(3)14-15)36-27-19(11-12-21(30-27)18-7-6-8-20(28)24(18)29)26(33)31-37(34,35)23-10-5-4-9-22(23)32/h4-8,10-14H,9H2,1-3H3,(H,31,33). The van der Waals surface area contributed by atoms with Crippen LogP contribution in [-0.4, -0.2) is 25.1 Å². The normalized spacial score (nSPS) is 13.3. The van der Waals surface area contributed by atoms with Crippen molar-refractivity contribution in [3.63, 3.8) is 0 Å². The average Bonchev–Trinajstić information content (AvgIpc) is 2.83. The van der Waals surface area contributed by atoms with Crippen molar-refractivity contribution in [2.75, 3.05) is 0 Å². The molecule has 0 aliphatic heterocycles. The summed E-state index contributed by atoms with van der Waals surface area (Å²) in [5.41, 5.74) is 1.89. The van der Waals surface area contributed by atoms with Crippen LogP contribution in [0.5, 0.6) is 11.6 Å². The van der Waals surface area contributed by atoms with E-state index in [1.807, 2.05) is 23.8 Å². The van der Waals surface area contributed by atoms with E-state index in [0.29, 0.717) is 16.9 Å². The summed E-state index contributed by atoms with van der Waals surface area (Å²) in [6.45, 7) is 5.46. The molecular weight excluding hydrogens is 502 g/mol. The molecule has 1 N–H and O–H groups in total. The highest BCUT2D eigenvalue weighted by Crippen LogP contribution is 2.33. The number of ether oxygens (including phenoxy) is 1. The maximum Gasteiger partial charge on any atom is 0.270 e.